The Bertz CT molecular complexity index is 899. The molecule has 9 heteroatoms. The lowest BCUT2D eigenvalue weighted by molar-refractivity contribution is -0.139. The zero-order chi connectivity index (χ0) is 24.3. The van der Waals surface area contributed by atoms with E-state index in [4.69, 9.17) is 4.74 Å². The summed E-state index contributed by atoms with van der Waals surface area (Å²) in [7, 11) is 5.62. The van der Waals surface area contributed by atoms with Gasteiger partial charge in [0.25, 0.3) is 0 Å². The third-order valence-electron chi connectivity index (χ3n) is 5.99. The number of anilines is 1. The fourth-order valence-corrected chi connectivity index (χ4v) is 4.06. The Hall–Kier alpha value is -3.17. The van der Waals surface area contributed by atoms with Gasteiger partial charge < -0.3 is 25.2 Å². The molecule has 0 unspecified atom stereocenters. The van der Waals surface area contributed by atoms with Crippen LogP contribution in [0.4, 0.5) is 5.69 Å². The molecular formula is C25H36N6O3. The first-order valence-electron chi connectivity index (χ1n) is 11.7. The summed E-state index contributed by atoms with van der Waals surface area (Å²) < 4.78 is 5.26. The number of methoxy groups -OCH3 is 1. The van der Waals surface area contributed by atoms with Crippen LogP contribution in [0.5, 0.6) is 5.75 Å². The minimum Gasteiger partial charge on any atom is -0.497 e. The normalized spacial score (nSPS) is 15.1. The second-order valence-corrected chi connectivity index (χ2v) is 8.65. The zero-order valence-corrected chi connectivity index (χ0v) is 20.4. The summed E-state index contributed by atoms with van der Waals surface area (Å²) in [6.45, 7) is 5.07. The molecule has 1 atom stereocenters. The average Bonchev–Trinajstić information content (AvgIpc) is 2.87. The maximum Gasteiger partial charge on any atom is 0.309 e. The van der Waals surface area contributed by atoms with Gasteiger partial charge in [0.1, 0.15) is 5.75 Å². The van der Waals surface area contributed by atoms with Crippen molar-refractivity contribution < 1.29 is 14.3 Å². The van der Waals surface area contributed by atoms with E-state index in [0.717, 1.165) is 56.1 Å². The van der Waals surface area contributed by atoms with Crippen LogP contribution >= 0.6 is 0 Å². The Morgan fingerprint density at radius 2 is 1.76 bits per heavy atom. The summed E-state index contributed by atoms with van der Waals surface area (Å²) in [5.41, 5.74) is 2.18. The maximum absolute atomic E-state index is 12.4. The van der Waals surface area contributed by atoms with E-state index >= 15 is 0 Å². The van der Waals surface area contributed by atoms with Gasteiger partial charge in [-0.15, -0.1) is 0 Å². The summed E-state index contributed by atoms with van der Waals surface area (Å²) in [5.74, 6) is -0.347. The van der Waals surface area contributed by atoms with E-state index in [9.17, 15) is 9.59 Å². The first-order valence-corrected chi connectivity index (χ1v) is 11.7. The number of rotatable bonds is 10. The van der Waals surface area contributed by atoms with Gasteiger partial charge >= 0.3 is 11.8 Å². The lowest BCUT2D eigenvalue weighted by Gasteiger charge is -2.40. The lowest BCUT2D eigenvalue weighted by atomic mass is 10.1. The van der Waals surface area contributed by atoms with Crippen molar-refractivity contribution in [1.29, 1.82) is 0 Å². The summed E-state index contributed by atoms with van der Waals surface area (Å²) >= 11 is 0. The largest absolute Gasteiger partial charge is 0.497 e. The molecule has 0 aliphatic carbocycles. The number of hydrogen-bond acceptors (Lipinski definition) is 7. The van der Waals surface area contributed by atoms with E-state index in [-0.39, 0.29) is 6.04 Å². The van der Waals surface area contributed by atoms with Crippen molar-refractivity contribution in [2.24, 2.45) is 0 Å². The fourth-order valence-electron chi connectivity index (χ4n) is 4.06. The van der Waals surface area contributed by atoms with Crippen LogP contribution in [0, 0.1) is 0 Å². The molecule has 0 spiro atoms. The number of aromatic nitrogens is 1. The molecule has 2 aromatic rings. The summed E-state index contributed by atoms with van der Waals surface area (Å²) in [5, 5.41) is 5.52. The quantitative estimate of drug-likeness (QED) is 0.399. The standard InChI is InChI=1S/C25H36N6O3/c1-29(2)13-5-12-27-24(32)25(33)28-19-23(20-6-4-11-26-18-20)31-16-14-30(15-17-31)21-7-9-22(34-3)10-8-21/h4,6-11,18,23H,5,12-17,19H2,1-3H3,(H,27,32)(H,28,33)/t23-/m1/s1. The minimum atomic E-state index is -0.601. The first kappa shape index (κ1) is 25.5. The van der Waals surface area contributed by atoms with Crippen LogP contribution < -0.4 is 20.3 Å². The number of ether oxygens (including phenoxy) is 1. The highest BCUT2D eigenvalue weighted by molar-refractivity contribution is 6.35. The van der Waals surface area contributed by atoms with Crippen LogP contribution in [0.25, 0.3) is 0 Å². The number of hydrogen-bond donors (Lipinski definition) is 2. The molecule has 1 saturated heterocycles. The second-order valence-electron chi connectivity index (χ2n) is 8.65. The Labute approximate surface area is 202 Å². The monoisotopic (exact) mass is 468 g/mol. The number of carbonyl (C=O) groups excluding carboxylic acids is 2. The molecule has 1 aromatic carbocycles. The highest BCUT2D eigenvalue weighted by atomic mass is 16.5. The second kappa shape index (κ2) is 12.9. The van der Waals surface area contributed by atoms with Crippen molar-refractivity contribution >= 4 is 17.5 Å². The summed E-state index contributed by atoms with van der Waals surface area (Å²) in [4.78, 5) is 35.6. The van der Waals surface area contributed by atoms with E-state index in [2.05, 4.69) is 37.6 Å². The Balaban J connectivity index is 1.56. The predicted molar refractivity (Wildman–Crippen MR) is 133 cm³/mol. The van der Waals surface area contributed by atoms with Gasteiger partial charge in [-0.1, -0.05) is 6.07 Å². The van der Waals surface area contributed by atoms with E-state index in [1.807, 2.05) is 49.5 Å². The summed E-state index contributed by atoms with van der Waals surface area (Å²) in [6, 6.07) is 11.9. The van der Waals surface area contributed by atoms with Crippen molar-refractivity contribution in [2.75, 3.05) is 71.9 Å². The van der Waals surface area contributed by atoms with Crippen molar-refractivity contribution in [3.05, 3.63) is 54.4 Å². The number of amides is 2. The van der Waals surface area contributed by atoms with E-state index in [1.165, 1.54) is 0 Å². The van der Waals surface area contributed by atoms with Crippen LogP contribution in [-0.4, -0.2) is 93.6 Å². The molecule has 184 valence electrons. The lowest BCUT2D eigenvalue weighted by Crippen LogP contribution is -2.51. The van der Waals surface area contributed by atoms with Crippen LogP contribution in [0.1, 0.15) is 18.0 Å². The molecule has 1 aromatic heterocycles. The fraction of sp³-hybridized carbons (Fsp3) is 0.480. The molecule has 2 N–H and O–H groups in total. The van der Waals surface area contributed by atoms with Crippen molar-refractivity contribution in [1.82, 2.24) is 25.4 Å². The molecule has 0 saturated carbocycles. The molecule has 1 aliphatic heterocycles. The highest BCUT2D eigenvalue weighted by Crippen LogP contribution is 2.25. The SMILES string of the molecule is COc1ccc(N2CCN([C@H](CNC(=O)C(=O)NCCCN(C)C)c3cccnc3)CC2)cc1. The van der Waals surface area contributed by atoms with Gasteiger partial charge in [-0.3, -0.25) is 19.5 Å². The van der Waals surface area contributed by atoms with Crippen molar-refractivity contribution in [2.45, 2.75) is 12.5 Å². The van der Waals surface area contributed by atoms with Crippen LogP contribution in [0.2, 0.25) is 0 Å². The zero-order valence-electron chi connectivity index (χ0n) is 20.4. The molecule has 34 heavy (non-hydrogen) atoms. The van der Waals surface area contributed by atoms with Gasteiger partial charge in [0.05, 0.1) is 13.2 Å². The van der Waals surface area contributed by atoms with Gasteiger partial charge in [0.15, 0.2) is 0 Å². The molecular weight excluding hydrogens is 432 g/mol. The number of piperazine rings is 1. The van der Waals surface area contributed by atoms with Gasteiger partial charge in [0, 0.05) is 57.3 Å². The third-order valence-corrected chi connectivity index (χ3v) is 5.99. The third kappa shape index (κ3) is 7.43. The molecule has 0 radical (unpaired) electrons. The van der Waals surface area contributed by atoms with E-state index in [0.29, 0.717) is 13.1 Å². The smallest absolute Gasteiger partial charge is 0.309 e. The van der Waals surface area contributed by atoms with Crippen LogP contribution in [-0.2, 0) is 9.59 Å². The number of carbonyl (C=O) groups is 2. The van der Waals surface area contributed by atoms with Gasteiger partial charge in [-0.05, 0) is 63.0 Å². The minimum absolute atomic E-state index is 0.0581. The topological polar surface area (TPSA) is 90.0 Å². The van der Waals surface area contributed by atoms with Gasteiger partial charge in [-0.25, -0.2) is 0 Å². The molecule has 2 heterocycles. The Kier molecular flexibility index (Phi) is 9.66. The van der Waals surface area contributed by atoms with Crippen molar-refractivity contribution in [3.63, 3.8) is 0 Å². The molecule has 9 nitrogen and oxygen atoms in total. The Morgan fingerprint density at radius 3 is 2.38 bits per heavy atom. The predicted octanol–water partition coefficient (Wildman–Crippen LogP) is 1.14. The Morgan fingerprint density at radius 1 is 1.06 bits per heavy atom. The molecule has 3 rings (SSSR count). The van der Waals surface area contributed by atoms with E-state index < -0.39 is 11.8 Å². The average molecular weight is 469 g/mol. The van der Waals surface area contributed by atoms with Gasteiger partial charge in [0.2, 0.25) is 0 Å². The van der Waals surface area contributed by atoms with Gasteiger partial charge in [-0.2, -0.15) is 0 Å². The highest BCUT2D eigenvalue weighted by Gasteiger charge is 2.26. The van der Waals surface area contributed by atoms with Crippen molar-refractivity contribution in [3.8, 4) is 5.75 Å². The summed E-state index contributed by atoms with van der Waals surface area (Å²) in [6.07, 6.45) is 4.36. The molecule has 0 bridgehead atoms. The first-order chi connectivity index (χ1) is 16.5. The number of benzene rings is 1. The molecule has 1 fully saturated rings. The molecule has 1 aliphatic rings. The van der Waals surface area contributed by atoms with E-state index in [1.54, 1.807) is 13.3 Å². The molecule has 2 amide bonds. The maximum atomic E-state index is 12.4. The number of pyridine rings is 1. The number of nitrogens with zero attached hydrogens (tertiary/aromatic N) is 4. The van der Waals surface area contributed by atoms with Crippen LogP contribution in [0.15, 0.2) is 48.8 Å². The van der Waals surface area contributed by atoms with Crippen LogP contribution in [0.3, 0.4) is 0 Å². The number of nitrogens with one attached hydrogen (secondary N) is 2.